The van der Waals surface area contributed by atoms with Crippen molar-refractivity contribution in [2.45, 2.75) is 19.8 Å². The largest absolute Gasteiger partial charge is 0.477 e. The molecule has 1 aliphatic heterocycles. The maximum Gasteiger partial charge on any atom is 0.253 e. The summed E-state index contributed by atoms with van der Waals surface area (Å²) in [7, 11) is 0. The van der Waals surface area contributed by atoms with E-state index in [1.54, 1.807) is 6.20 Å². The van der Waals surface area contributed by atoms with Gasteiger partial charge in [-0.05, 0) is 56.0 Å². The molecule has 24 heavy (non-hydrogen) atoms. The van der Waals surface area contributed by atoms with Crippen LogP contribution in [0.2, 0.25) is 0 Å². The van der Waals surface area contributed by atoms with Gasteiger partial charge in [0, 0.05) is 30.4 Å². The molecule has 1 aromatic heterocycles. The number of ether oxygens (including phenoxy) is 1. The van der Waals surface area contributed by atoms with Crippen molar-refractivity contribution in [3.63, 3.8) is 0 Å². The second kappa shape index (κ2) is 7.43. The number of hydrogen-bond acceptors (Lipinski definition) is 3. The average Bonchev–Trinajstić information content (AvgIpc) is 2.62. The second-order valence-corrected chi connectivity index (χ2v) is 6.18. The Kier molecular flexibility index (Phi) is 5.08. The number of aryl methyl sites for hydroxylation is 1. The van der Waals surface area contributed by atoms with Crippen molar-refractivity contribution in [1.82, 2.24) is 9.88 Å². The molecule has 0 N–H and O–H groups in total. The first-order valence-corrected chi connectivity index (χ1v) is 8.23. The Morgan fingerprint density at radius 2 is 1.96 bits per heavy atom. The van der Waals surface area contributed by atoms with E-state index in [-0.39, 0.29) is 11.7 Å². The highest BCUT2D eigenvalue weighted by atomic mass is 19.1. The van der Waals surface area contributed by atoms with Crippen LogP contribution in [0.25, 0.3) is 0 Å². The van der Waals surface area contributed by atoms with Crippen LogP contribution in [-0.2, 0) is 0 Å². The monoisotopic (exact) mass is 328 g/mol. The lowest BCUT2D eigenvalue weighted by Gasteiger charge is -2.32. The summed E-state index contributed by atoms with van der Waals surface area (Å²) >= 11 is 0. The predicted octanol–water partition coefficient (Wildman–Crippen LogP) is 3.46. The molecule has 2 heterocycles. The van der Waals surface area contributed by atoms with Crippen molar-refractivity contribution >= 4 is 5.91 Å². The highest BCUT2D eigenvalue weighted by molar-refractivity contribution is 5.94. The van der Waals surface area contributed by atoms with E-state index in [1.807, 2.05) is 24.0 Å². The summed E-state index contributed by atoms with van der Waals surface area (Å²) in [5.74, 6) is 0.744. The molecule has 0 unspecified atom stereocenters. The van der Waals surface area contributed by atoms with Crippen LogP contribution in [0.1, 0.15) is 28.8 Å². The molecular formula is C19H21FN2O2. The number of piperidine rings is 1. The van der Waals surface area contributed by atoms with Crippen molar-refractivity contribution in [2.24, 2.45) is 5.92 Å². The SMILES string of the molecule is Cc1cccnc1OCC1CCN(C(=O)c2ccc(F)cc2)CC1. The van der Waals surface area contributed by atoms with Crippen molar-refractivity contribution in [3.05, 3.63) is 59.5 Å². The fourth-order valence-corrected chi connectivity index (χ4v) is 2.90. The fraction of sp³-hybridized carbons (Fsp3) is 0.368. The standard InChI is InChI=1S/C19H21FN2O2/c1-14-3-2-10-21-18(14)24-13-15-8-11-22(12-9-15)19(23)16-4-6-17(20)7-5-16/h2-7,10,15H,8-9,11-13H2,1H3. The Morgan fingerprint density at radius 3 is 2.62 bits per heavy atom. The lowest BCUT2D eigenvalue weighted by molar-refractivity contribution is 0.0659. The molecule has 0 atom stereocenters. The summed E-state index contributed by atoms with van der Waals surface area (Å²) in [5.41, 5.74) is 1.57. The third-order valence-electron chi connectivity index (χ3n) is 4.41. The Labute approximate surface area is 141 Å². The maximum atomic E-state index is 13.0. The highest BCUT2D eigenvalue weighted by Crippen LogP contribution is 2.21. The lowest BCUT2D eigenvalue weighted by Crippen LogP contribution is -2.39. The molecule has 0 aliphatic carbocycles. The van der Waals surface area contributed by atoms with E-state index in [1.165, 1.54) is 24.3 Å². The van der Waals surface area contributed by atoms with Gasteiger partial charge in [0.05, 0.1) is 6.61 Å². The van der Waals surface area contributed by atoms with Crippen molar-refractivity contribution in [1.29, 1.82) is 0 Å². The fourth-order valence-electron chi connectivity index (χ4n) is 2.90. The number of pyridine rings is 1. The molecule has 1 aromatic carbocycles. The minimum absolute atomic E-state index is 0.0325. The van der Waals surface area contributed by atoms with Crippen molar-refractivity contribution in [2.75, 3.05) is 19.7 Å². The first-order chi connectivity index (χ1) is 11.6. The molecular weight excluding hydrogens is 307 g/mol. The Hall–Kier alpha value is -2.43. The molecule has 0 radical (unpaired) electrons. The summed E-state index contributed by atoms with van der Waals surface area (Å²) in [5, 5.41) is 0. The number of carbonyl (C=O) groups is 1. The van der Waals surface area contributed by atoms with Crippen molar-refractivity contribution in [3.8, 4) is 5.88 Å². The smallest absolute Gasteiger partial charge is 0.253 e. The topological polar surface area (TPSA) is 42.4 Å². The van der Waals surface area contributed by atoms with Crippen LogP contribution in [0.5, 0.6) is 5.88 Å². The van der Waals surface area contributed by atoms with E-state index in [4.69, 9.17) is 4.74 Å². The number of carbonyl (C=O) groups excluding carboxylic acids is 1. The minimum Gasteiger partial charge on any atom is -0.477 e. The van der Waals surface area contributed by atoms with E-state index >= 15 is 0 Å². The highest BCUT2D eigenvalue weighted by Gasteiger charge is 2.24. The van der Waals surface area contributed by atoms with Crippen LogP contribution in [0.15, 0.2) is 42.6 Å². The van der Waals surface area contributed by atoms with Crippen LogP contribution in [0.3, 0.4) is 0 Å². The van der Waals surface area contributed by atoms with E-state index < -0.39 is 0 Å². The number of nitrogens with zero attached hydrogens (tertiary/aromatic N) is 2. The first kappa shape index (κ1) is 16.4. The molecule has 5 heteroatoms. The van der Waals surface area contributed by atoms with Gasteiger partial charge in [-0.2, -0.15) is 0 Å². The van der Waals surface area contributed by atoms with E-state index in [9.17, 15) is 9.18 Å². The molecule has 1 fully saturated rings. The number of amides is 1. The second-order valence-electron chi connectivity index (χ2n) is 6.18. The molecule has 126 valence electrons. The van der Waals surface area contributed by atoms with Gasteiger partial charge in [-0.3, -0.25) is 4.79 Å². The van der Waals surface area contributed by atoms with E-state index in [0.717, 1.165) is 18.4 Å². The van der Waals surface area contributed by atoms with Crippen LogP contribution in [0, 0.1) is 18.7 Å². The molecule has 1 amide bonds. The molecule has 4 nitrogen and oxygen atoms in total. The van der Waals surface area contributed by atoms with Crippen LogP contribution < -0.4 is 4.74 Å². The zero-order valence-electron chi connectivity index (χ0n) is 13.7. The summed E-state index contributed by atoms with van der Waals surface area (Å²) in [6.07, 6.45) is 3.53. The Balaban J connectivity index is 1.49. The van der Waals surface area contributed by atoms with Crippen LogP contribution in [-0.4, -0.2) is 35.5 Å². The minimum atomic E-state index is -0.327. The first-order valence-electron chi connectivity index (χ1n) is 8.23. The molecule has 2 aromatic rings. The molecule has 1 saturated heterocycles. The molecule has 3 rings (SSSR count). The predicted molar refractivity (Wildman–Crippen MR) is 89.5 cm³/mol. The average molecular weight is 328 g/mol. The normalized spacial score (nSPS) is 15.3. The molecule has 0 bridgehead atoms. The summed E-state index contributed by atoms with van der Waals surface area (Å²) in [4.78, 5) is 18.5. The van der Waals surface area contributed by atoms with Crippen LogP contribution in [0.4, 0.5) is 4.39 Å². The number of rotatable bonds is 4. The lowest BCUT2D eigenvalue weighted by atomic mass is 9.97. The Morgan fingerprint density at radius 1 is 1.25 bits per heavy atom. The number of benzene rings is 1. The third-order valence-corrected chi connectivity index (χ3v) is 4.41. The van der Waals surface area contributed by atoms with Gasteiger partial charge in [-0.15, -0.1) is 0 Å². The quantitative estimate of drug-likeness (QED) is 0.863. The van der Waals surface area contributed by atoms with Crippen molar-refractivity contribution < 1.29 is 13.9 Å². The van der Waals surface area contributed by atoms with Gasteiger partial charge in [-0.1, -0.05) is 6.07 Å². The van der Waals surface area contributed by atoms with Gasteiger partial charge in [0.1, 0.15) is 5.82 Å². The van der Waals surface area contributed by atoms with Gasteiger partial charge in [-0.25, -0.2) is 9.37 Å². The number of aromatic nitrogens is 1. The van der Waals surface area contributed by atoms with Gasteiger partial charge in [0.2, 0.25) is 5.88 Å². The zero-order chi connectivity index (χ0) is 16.9. The van der Waals surface area contributed by atoms with E-state index in [0.29, 0.717) is 37.1 Å². The van der Waals surface area contributed by atoms with Gasteiger partial charge >= 0.3 is 0 Å². The number of halogens is 1. The third kappa shape index (κ3) is 3.91. The summed E-state index contributed by atoms with van der Waals surface area (Å²) < 4.78 is 18.8. The number of hydrogen-bond donors (Lipinski definition) is 0. The summed E-state index contributed by atoms with van der Waals surface area (Å²) in [6, 6.07) is 9.59. The summed E-state index contributed by atoms with van der Waals surface area (Å²) in [6.45, 7) is 4.00. The van der Waals surface area contributed by atoms with Gasteiger partial charge < -0.3 is 9.64 Å². The van der Waals surface area contributed by atoms with Crippen LogP contribution >= 0.6 is 0 Å². The van der Waals surface area contributed by atoms with E-state index in [2.05, 4.69) is 4.98 Å². The van der Waals surface area contributed by atoms with Gasteiger partial charge in [0.25, 0.3) is 5.91 Å². The van der Waals surface area contributed by atoms with Gasteiger partial charge in [0.15, 0.2) is 0 Å². The number of likely N-dealkylation sites (tertiary alicyclic amines) is 1. The molecule has 0 saturated carbocycles. The maximum absolute atomic E-state index is 13.0. The Bertz CT molecular complexity index is 695. The molecule has 0 spiro atoms. The molecule has 1 aliphatic rings. The zero-order valence-corrected chi connectivity index (χ0v) is 13.7.